The molecule has 0 bridgehead atoms. The molecule has 0 aromatic carbocycles. The van der Waals surface area contributed by atoms with E-state index in [0.29, 0.717) is 20.7 Å². The molecule has 1 amide bonds. The van der Waals surface area contributed by atoms with E-state index in [0.717, 1.165) is 0 Å². The Bertz CT molecular complexity index is 1670. The molecule has 0 spiro atoms. The number of hydrogen-bond acceptors (Lipinski definition) is 11. The molecule has 1 fully saturated rings. The highest BCUT2D eigenvalue weighted by molar-refractivity contribution is 7.14. The van der Waals surface area contributed by atoms with Gasteiger partial charge in [-0.25, -0.2) is 43.5 Å². The molecule has 4 aromatic heterocycles. The largest absolute Gasteiger partial charge is 0.444 e. The van der Waals surface area contributed by atoms with Crippen LogP contribution in [0.15, 0.2) is 11.0 Å². The summed E-state index contributed by atoms with van der Waals surface area (Å²) in [6.45, 7) is 5.06. The average Bonchev–Trinajstić information content (AvgIpc) is 3.59. The standard InChI is InChI=1S/C17H18Cl3F2N5O2S.C7HCl4N3S/c1-17(2,3)29-16(28)26-4-5-27(8(6-26)13(21)22)15-9(18)11(19)24-14(25-15)10-12(20)23-7-30-10;8-2-4(9)13-7(14-5(2)10)3-6(11)12-1-15-3/h7-8,13H,4-6H2,1-3H3;1H. The molecule has 1 aliphatic rings. The van der Waals surface area contributed by atoms with Gasteiger partial charge in [0.15, 0.2) is 43.2 Å². The maximum absolute atomic E-state index is 13.9. The second kappa shape index (κ2) is 15.1. The zero-order valence-corrected chi connectivity index (χ0v) is 30.0. The number of thiazole rings is 2. The third-order valence-electron chi connectivity index (χ3n) is 5.65. The van der Waals surface area contributed by atoms with E-state index in [1.54, 1.807) is 26.3 Å². The number of aromatic nitrogens is 6. The molecule has 0 radical (unpaired) electrons. The molecule has 1 unspecified atom stereocenters. The van der Waals surface area contributed by atoms with Gasteiger partial charge in [-0.15, -0.1) is 22.7 Å². The van der Waals surface area contributed by atoms with Crippen molar-refractivity contribution in [3.8, 4) is 21.4 Å². The molecule has 5 heterocycles. The summed E-state index contributed by atoms with van der Waals surface area (Å²) in [5.41, 5.74) is 2.35. The van der Waals surface area contributed by atoms with Crippen molar-refractivity contribution in [3.05, 3.63) is 46.8 Å². The number of rotatable bonds is 4. The molecular formula is C24H19Cl7F2N8O2S2. The van der Waals surface area contributed by atoms with Crippen LogP contribution in [0, 0.1) is 0 Å². The van der Waals surface area contributed by atoms with Gasteiger partial charge >= 0.3 is 6.09 Å². The molecule has 1 atom stereocenters. The molecule has 0 N–H and O–H groups in total. The van der Waals surface area contributed by atoms with Gasteiger partial charge in [-0.2, -0.15) is 0 Å². The van der Waals surface area contributed by atoms with E-state index >= 15 is 0 Å². The zero-order valence-electron chi connectivity index (χ0n) is 23.0. The Kier molecular flexibility index (Phi) is 12.1. The predicted octanol–water partition coefficient (Wildman–Crippen LogP) is 9.46. The average molecular weight is 802 g/mol. The fraction of sp³-hybridized carbons (Fsp3) is 0.375. The Hall–Kier alpha value is -1.62. The normalized spacial score (nSPS) is 15.3. The smallest absolute Gasteiger partial charge is 0.410 e. The van der Waals surface area contributed by atoms with Crippen LogP contribution in [0.4, 0.5) is 19.4 Å². The van der Waals surface area contributed by atoms with Crippen molar-refractivity contribution in [1.82, 2.24) is 34.8 Å². The zero-order chi connectivity index (χ0) is 33.2. The summed E-state index contributed by atoms with van der Waals surface area (Å²) in [4.78, 5) is 40.1. The Labute approximate surface area is 298 Å². The monoisotopic (exact) mass is 798 g/mol. The van der Waals surface area contributed by atoms with Gasteiger partial charge in [0, 0.05) is 13.1 Å². The number of ether oxygens (including phenoxy) is 1. The topological polar surface area (TPSA) is 110 Å². The number of halogens is 9. The maximum atomic E-state index is 13.9. The van der Waals surface area contributed by atoms with Crippen LogP contribution in [0.3, 0.4) is 0 Å². The van der Waals surface area contributed by atoms with Gasteiger partial charge < -0.3 is 14.5 Å². The summed E-state index contributed by atoms with van der Waals surface area (Å²) in [6, 6.07) is -1.36. The summed E-state index contributed by atoms with van der Waals surface area (Å²) < 4.78 is 33.2. The Morgan fingerprint density at radius 1 is 0.822 bits per heavy atom. The van der Waals surface area contributed by atoms with Crippen LogP contribution in [0.1, 0.15) is 20.8 Å². The number of piperazine rings is 1. The Balaban J connectivity index is 0.000000256. The minimum atomic E-state index is -2.78. The highest BCUT2D eigenvalue weighted by atomic mass is 35.5. The van der Waals surface area contributed by atoms with E-state index in [1.807, 2.05) is 0 Å². The first-order valence-electron chi connectivity index (χ1n) is 12.4. The molecule has 0 aliphatic carbocycles. The van der Waals surface area contributed by atoms with Crippen LogP contribution in [0.25, 0.3) is 21.4 Å². The first-order chi connectivity index (χ1) is 21.1. The van der Waals surface area contributed by atoms with Crippen molar-refractivity contribution in [1.29, 1.82) is 0 Å². The number of carbonyl (C=O) groups excluding carboxylic acids is 1. The summed E-state index contributed by atoms with van der Waals surface area (Å²) >= 11 is 44.0. The first kappa shape index (κ1) is 36.2. The van der Waals surface area contributed by atoms with Crippen molar-refractivity contribution in [2.45, 2.75) is 38.8 Å². The lowest BCUT2D eigenvalue weighted by atomic mass is 10.1. The second-order valence-corrected chi connectivity index (χ2v) is 14.1. The van der Waals surface area contributed by atoms with Gasteiger partial charge in [0.2, 0.25) is 0 Å². The van der Waals surface area contributed by atoms with E-state index in [-0.39, 0.29) is 61.9 Å². The summed E-state index contributed by atoms with van der Waals surface area (Å²) in [7, 11) is 0. The highest BCUT2D eigenvalue weighted by Crippen LogP contribution is 2.38. The first-order valence-corrected chi connectivity index (χ1v) is 16.8. The molecule has 0 saturated carbocycles. The van der Waals surface area contributed by atoms with Gasteiger partial charge in [0.25, 0.3) is 6.43 Å². The highest BCUT2D eigenvalue weighted by Gasteiger charge is 2.39. The molecule has 10 nitrogen and oxygen atoms in total. The minimum absolute atomic E-state index is 0.0465. The van der Waals surface area contributed by atoms with E-state index in [4.69, 9.17) is 85.9 Å². The Morgan fingerprint density at radius 3 is 1.76 bits per heavy atom. The van der Waals surface area contributed by atoms with Gasteiger partial charge in [0.05, 0.1) is 17.6 Å². The molecule has 1 saturated heterocycles. The number of alkyl halides is 2. The summed E-state index contributed by atoms with van der Waals surface area (Å²) in [5.74, 6) is 0.502. The van der Waals surface area contributed by atoms with Crippen molar-refractivity contribution >= 4 is 116 Å². The fourth-order valence-corrected chi connectivity index (χ4v) is 6.43. The van der Waals surface area contributed by atoms with Crippen molar-refractivity contribution in [2.24, 2.45) is 0 Å². The second-order valence-electron chi connectivity index (χ2n) is 9.88. The van der Waals surface area contributed by atoms with Crippen LogP contribution in [0.2, 0.25) is 35.8 Å². The maximum Gasteiger partial charge on any atom is 0.410 e. The Morgan fingerprint density at radius 2 is 1.31 bits per heavy atom. The van der Waals surface area contributed by atoms with E-state index < -0.39 is 24.2 Å². The van der Waals surface area contributed by atoms with Crippen molar-refractivity contribution in [3.63, 3.8) is 0 Å². The lowest BCUT2D eigenvalue weighted by molar-refractivity contribution is 0.0120. The number of hydrogen-bond donors (Lipinski definition) is 0. The summed E-state index contributed by atoms with van der Waals surface area (Å²) in [6.07, 6.45) is -3.44. The third-order valence-corrected chi connectivity index (χ3v) is 9.91. The van der Waals surface area contributed by atoms with Gasteiger partial charge in [-0.1, -0.05) is 81.2 Å². The minimum Gasteiger partial charge on any atom is -0.444 e. The van der Waals surface area contributed by atoms with E-state index in [2.05, 4.69) is 29.9 Å². The molecular weight excluding hydrogens is 783 g/mol. The lowest BCUT2D eigenvalue weighted by Gasteiger charge is -2.42. The predicted molar refractivity (Wildman–Crippen MR) is 176 cm³/mol. The molecule has 4 aromatic rings. The van der Waals surface area contributed by atoms with Gasteiger partial charge in [-0.05, 0) is 20.8 Å². The molecule has 21 heteroatoms. The van der Waals surface area contributed by atoms with E-state index in [9.17, 15) is 13.6 Å². The number of anilines is 1. The van der Waals surface area contributed by atoms with Crippen LogP contribution in [-0.2, 0) is 4.74 Å². The molecule has 242 valence electrons. The molecule has 1 aliphatic heterocycles. The van der Waals surface area contributed by atoms with Gasteiger partial charge in [-0.3, -0.25) is 0 Å². The van der Waals surface area contributed by atoms with Crippen molar-refractivity contribution in [2.75, 3.05) is 24.5 Å². The lowest BCUT2D eigenvalue weighted by Crippen LogP contribution is -2.58. The van der Waals surface area contributed by atoms with Crippen LogP contribution in [-0.4, -0.2) is 78.6 Å². The number of carbonyl (C=O) groups is 1. The third kappa shape index (κ3) is 8.85. The molecule has 5 rings (SSSR count). The van der Waals surface area contributed by atoms with Crippen LogP contribution >= 0.6 is 104 Å². The SMILES string of the molecule is CC(C)(C)OC(=O)N1CCN(c2nc(-c3scnc3Cl)nc(Cl)c2Cl)C(C(F)F)C1.Clc1ncsc1-c1nc(Cl)c(Cl)c(Cl)n1. The van der Waals surface area contributed by atoms with E-state index in [1.165, 1.54) is 38.0 Å². The van der Waals surface area contributed by atoms with Crippen LogP contribution < -0.4 is 4.90 Å². The quantitative estimate of drug-likeness (QED) is 0.187. The number of nitrogens with zero attached hydrogens (tertiary/aromatic N) is 8. The van der Waals surface area contributed by atoms with Crippen molar-refractivity contribution < 1.29 is 18.3 Å². The number of amides is 1. The van der Waals surface area contributed by atoms with Gasteiger partial charge in [0.1, 0.15) is 31.4 Å². The van der Waals surface area contributed by atoms with Crippen LogP contribution in [0.5, 0.6) is 0 Å². The summed E-state index contributed by atoms with van der Waals surface area (Å²) in [5, 5.41) is 0.648. The molecule has 45 heavy (non-hydrogen) atoms. The fourth-order valence-electron chi connectivity index (χ4n) is 3.73.